The minimum absolute atomic E-state index is 0.0982. The van der Waals surface area contributed by atoms with Crippen LogP contribution in [0.3, 0.4) is 0 Å². The number of benzene rings is 1. The quantitative estimate of drug-likeness (QED) is 0.384. The monoisotopic (exact) mass is 324 g/mol. The summed E-state index contributed by atoms with van der Waals surface area (Å²) in [4.78, 5) is 15.2. The summed E-state index contributed by atoms with van der Waals surface area (Å²) < 4.78 is 5.65. The van der Waals surface area contributed by atoms with Crippen molar-refractivity contribution in [2.24, 2.45) is 4.99 Å². The molecule has 0 aliphatic carbocycles. The molecule has 0 fully saturated rings. The minimum atomic E-state index is -0.0982. The Kier molecular flexibility index (Phi) is 8.90. The highest BCUT2D eigenvalue weighted by Crippen LogP contribution is 2.16. The summed E-state index contributed by atoms with van der Waals surface area (Å²) in [6, 6.07) is 7.32. The average molecular weight is 324 g/mol. The van der Waals surface area contributed by atoms with Gasteiger partial charge in [0.05, 0.1) is 6.54 Å². The Morgan fingerprint density at radius 1 is 1.32 bits per heavy atom. The number of ether oxygens (including phenoxy) is 1. The van der Waals surface area contributed by atoms with Crippen LogP contribution < -0.4 is 20.7 Å². The summed E-state index contributed by atoms with van der Waals surface area (Å²) in [7, 11) is 1.74. The van der Waals surface area contributed by atoms with Gasteiger partial charge in [0.2, 0.25) is 5.91 Å². The van der Waals surface area contributed by atoms with E-state index in [0.29, 0.717) is 13.2 Å². The van der Waals surface area contributed by atoms with Crippen LogP contribution >= 0.6 is 11.8 Å². The number of amides is 1. The van der Waals surface area contributed by atoms with E-state index in [1.807, 2.05) is 18.2 Å². The molecule has 7 heteroatoms. The highest BCUT2D eigenvalue weighted by Gasteiger charge is 2.00. The van der Waals surface area contributed by atoms with Gasteiger partial charge in [-0.3, -0.25) is 9.79 Å². The zero-order valence-electron chi connectivity index (χ0n) is 13.3. The summed E-state index contributed by atoms with van der Waals surface area (Å²) >= 11 is 1.79. The van der Waals surface area contributed by atoms with Crippen molar-refractivity contribution in [1.82, 2.24) is 10.6 Å². The first kappa shape index (κ1) is 18.2. The molecule has 0 radical (unpaired) electrons. The lowest BCUT2D eigenvalue weighted by atomic mass is 10.3. The molecule has 1 rings (SSSR count). The fraction of sp³-hybridized carbons (Fsp3) is 0.467. The Balaban J connectivity index is 2.30. The Hall–Kier alpha value is -1.89. The van der Waals surface area contributed by atoms with Crippen LogP contribution in [0.1, 0.15) is 6.92 Å². The number of hydrogen-bond acceptors (Lipinski definition) is 4. The van der Waals surface area contributed by atoms with Crippen molar-refractivity contribution in [3.63, 3.8) is 0 Å². The molecule has 0 spiro atoms. The van der Waals surface area contributed by atoms with E-state index >= 15 is 0 Å². The topological polar surface area (TPSA) is 74.8 Å². The Bertz CT molecular complexity index is 494. The molecule has 0 heterocycles. The molecule has 6 nitrogen and oxygen atoms in total. The van der Waals surface area contributed by atoms with Crippen LogP contribution in [-0.4, -0.2) is 50.6 Å². The van der Waals surface area contributed by atoms with Crippen LogP contribution in [0.5, 0.6) is 5.75 Å². The molecule has 3 N–H and O–H groups in total. The van der Waals surface area contributed by atoms with E-state index < -0.39 is 0 Å². The van der Waals surface area contributed by atoms with E-state index in [0.717, 1.165) is 29.7 Å². The number of aliphatic imine (C=N–C) groups is 1. The van der Waals surface area contributed by atoms with Crippen molar-refractivity contribution in [2.75, 3.05) is 44.1 Å². The third-order valence-electron chi connectivity index (χ3n) is 2.64. The van der Waals surface area contributed by atoms with E-state index in [1.54, 1.807) is 24.9 Å². The normalized spacial score (nSPS) is 11.0. The van der Waals surface area contributed by atoms with Crippen molar-refractivity contribution in [1.29, 1.82) is 0 Å². The first-order chi connectivity index (χ1) is 10.7. The van der Waals surface area contributed by atoms with Crippen LogP contribution in [0, 0.1) is 0 Å². The first-order valence-corrected chi connectivity index (χ1v) is 8.49. The van der Waals surface area contributed by atoms with E-state index in [4.69, 9.17) is 4.74 Å². The van der Waals surface area contributed by atoms with Gasteiger partial charge in [-0.05, 0) is 18.4 Å². The summed E-state index contributed by atoms with van der Waals surface area (Å²) in [6.07, 6.45) is 2.07. The number of anilines is 1. The highest BCUT2D eigenvalue weighted by atomic mass is 32.2. The number of nitrogens with one attached hydrogen (secondary N) is 3. The fourth-order valence-corrected chi connectivity index (χ4v) is 2.00. The van der Waals surface area contributed by atoms with E-state index in [-0.39, 0.29) is 5.91 Å². The van der Waals surface area contributed by atoms with Gasteiger partial charge in [0, 0.05) is 38.0 Å². The molecule has 0 aromatic heterocycles. The zero-order chi connectivity index (χ0) is 16.2. The van der Waals surface area contributed by atoms with E-state index in [9.17, 15) is 4.79 Å². The molecule has 0 atom stereocenters. The molecule has 0 bridgehead atoms. The Morgan fingerprint density at radius 2 is 2.09 bits per heavy atom. The SMILES string of the molecule is CN=C(NCCOc1cccc(NC(C)=O)c1)NCCSC. The van der Waals surface area contributed by atoms with E-state index in [2.05, 4.69) is 27.2 Å². The molecule has 1 aromatic rings. The first-order valence-electron chi connectivity index (χ1n) is 7.09. The minimum Gasteiger partial charge on any atom is -0.492 e. The third kappa shape index (κ3) is 7.78. The van der Waals surface area contributed by atoms with Crippen molar-refractivity contribution >= 4 is 29.3 Å². The molecule has 122 valence electrons. The molecule has 0 saturated carbocycles. The van der Waals surface area contributed by atoms with Crippen molar-refractivity contribution in [3.8, 4) is 5.75 Å². The number of nitrogens with zero attached hydrogens (tertiary/aromatic N) is 1. The number of thioether (sulfide) groups is 1. The maximum atomic E-state index is 11.0. The molecule has 0 aliphatic heterocycles. The number of hydrogen-bond donors (Lipinski definition) is 3. The number of carbonyl (C=O) groups excluding carboxylic acids is 1. The zero-order valence-corrected chi connectivity index (χ0v) is 14.1. The molecular weight excluding hydrogens is 300 g/mol. The standard InChI is InChI=1S/C15H24N4O2S/c1-12(20)19-13-5-4-6-14(11-13)21-9-7-17-15(16-2)18-8-10-22-3/h4-6,11H,7-10H2,1-3H3,(H,19,20)(H2,16,17,18). The second kappa shape index (κ2) is 10.8. The summed E-state index contributed by atoms with van der Waals surface area (Å²) in [5.41, 5.74) is 0.729. The molecule has 0 unspecified atom stereocenters. The summed E-state index contributed by atoms with van der Waals surface area (Å²) in [5.74, 6) is 2.43. The van der Waals surface area contributed by atoms with Crippen LogP contribution in [-0.2, 0) is 4.79 Å². The van der Waals surface area contributed by atoms with Gasteiger partial charge in [-0.15, -0.1) is 0 Å². The molecule has 1 amide bonds. The van der Waals surface area contributed by atoms with Gasteiger partial charge in [0.1, 0.15) is 12.4 Å². The molecular formula is C15H24N4O2S. The predicted molar refractivity (Wildman–Crippen MR) is 94.0 cm³/mol. The van der Waals surface area contributed by atoms with Crippen LogP contribution in [0.25, 0.3) is 0 Å². The highest BCUT2D eigenvalue weighted by molar-refractivity contribution is 7.98. The number of guanidine groups is 1. The maximum Gasteiger partial charge on any atom is 0.221 e. The van der Waals surface area contributed by atoms with Crippen LogP contribution in [0.2, 0.25) is 0 Å². The van der Waals surface area contributed by atoms with E-state index in [1.165, 1.54) is 6.92 Å². The van der Waals surface area contributed by atoms with Gasteiger partial charge in [-0.2, -0.15) is 11.8 Å². The molecule has 0 saturated heterocycles. The van der Waals surface area contributed by atoms with Crippen molar-refractivity contribution < 1.29 is 9.53 Å². The predicted octanol–water partition coefficient (Wildman–Crippen LogP) is 1.55. The van der Waals surface area contributed by atoms with Crippen LogP contribution in [0.4, 0.5) is 5.69 Å². The van der Waals surface area contributed by atoms with Gasteiger partial charge in [0.25, 0.3) is 0 Å². The lowest BCUT2D eigenvalue weighted by Crippen LogP contribution is -2.40. The van der Waals surface area contributed by atoms with Crippen molar-refractivity contribution in [3.05, 3.63) is 24.3 Å². The lowest BCUT2D eigenvalue weighted by Gasteiger charge is -2.12. The Morgan fingerprint density at radius 3 is 2.77 bits per heavy atom. The fourth-order valence-electron chi connectivity index (χ4n) is 1.70. The van der Waals surface area contributed by atoms with Gasteiger partial charge < -0.3 is 20.7 Å². The van der Waals surface area contributed by atoms with Crippen LogP contribution in [0.15, 0.2) is 29.3 Å². The number of rotatable bonds is 8. The molecule has 22 heavy (non-hydrogen) atoms. The second-order valence-electron chi connectivity index (χ2n) is 4.48. The number of carbonyl (C=O) groups is 1. The smallest absolute Gasteiger partial charge is 0.221 e. The lowest BCUT2D eigenvalue weighted by molar-refractivity contribution is -0.114. The van der Waals surface area contributed by atoms with Gasteiger partial charge in [0.15, 0.2) is 5.96 Å². The maximum absolute atomic E-state index is 11.0. The summed E-state index contributed by atoms with van der Waals surface area (Å²) in [6.45, 7) is 3.50. The molecule has 0 aliphatic rings. The summed E-state index contributed by atoms with van der Waals surface area (Å²) in [5, 5.41) is 9.12. The van der Waals surface area contributed by atoms with Gasteiger partial charge in [-0.25, -0.2) is 0 Å². The van der Waals surface area contributed by atoms with Gasteiger partial charge >= 0.3 is 0 Å². The average Bonchev–Trinajstić information content (AvgIpc) is 2.49. The molecule has 1 aromatic carbocycles. The second-order valence-corrected chi connectivity index (χ2v) is 5.46. The van der Waals surface area contributed by atoms with Crippen molar-refractivity contribution in [2.45, 2.75) is 6.92 Å². The third-order valence-corrected chi connectivity index (χ3v) is 3.25. The van der Waals surface area contributed by atoms with Gasteiger partial charge in [-0.1, -0.05) is 6.07 Å². The largest absolute Gasteiger partial charge is 0.492 e. The Labute approximate surface area is 136 Å².